The lowest BCUT2D eigenvalue weighted by atomic mass is 10.1. The number of nitrogens with one attached hydrogen (secondary N) is 1. The van der Waals surface area contributed by atoms with Gasteiger partial charge in [-0.15, -0.1) is 0 Å². The van der Waals surface area contributed by atoms with Crippen LogP contribution >= 0.6 is 0 Å². The SMILES string of the molecule is COc1ccc(OC)c(-c2ccnc(-n3ncc(C(=O)NC4CCOC4)c3C3CC3)n2)c1. The zero-order valence-corrected chi connectivity index (χ0v) is 18.1. The number of aromatic nitrogens is 4. The van der Waals surface area contributed by atoms with E-state index >= 15 is 0 Å². The molecule has 9 nitrogen and oxygen atoms in total. The lowest BCUT2D eigenvalue weighted by Gasteiger charge is -2.13. The molecule has 1 aliphatic heterocycles. The minimum Gasteiger partial charge on any atom is -0.497 e. The average molecular weight is 435 g/mol. The second kappa shape index (κ2) is 8.58. The molecule has 1 saturated carbocycles. The van der Waals surface area contributed by atoms with Crippen molar-refractivity contribution in [2.45, 2.75) is 31.2 Å². The van der Waals surface area contributed by atoms with E-state index in [9.17, 15) is 4.79 Å². The van der Waals surface area contributed by atoms with Gasteiger partial charge >= 0.3 is 0 Å². The largest absolute Gasteiger partial charge is 0.497 e. The molecule has 166 valence electrons. The zero-order valence-electron chi connectivity index (χ0n) is 18.1. The number of ether oxygens (including phenoxy) is 3. The van der Waals surface area contributed by atoms with E-state index in [1.165, 1.54) is 0 Å². The molecule has 3 heterocycles. The second-order valence-corrected chi connectivity index (χ2v) is 7.97. The Bertz CT molecular complexity index is 1140. The molecule has 32 heavy (non-hydrogen) atoms. The fourth-order valence-electron chi connectivity index (χ4n) is 3.97. The summed E-state index contributed by atoms with van der Waals surface area (Å²) in [6.07, 6.45) is 6.15. The first-order valence-electron chi connectivity index (χ1n) is 10.7. The van der Waals surface area contributed by atoms with E-state index in [2.05, 4.69) is 15.4 Å². The number of carbonyl (C=O) groups is 1. The summed E-state index contributed by atoms with van der Waals surface area (Å²) in [7, 11) is 3.24. The Labute approximate surface area is 185 Å². The van der Waals surface area contributed by atoms with Crippen molar-refractivity contribution >= 4 is 5.91 Å². The van der Waals surface area contributed by atoms with Crippen LogP contribution in [0.25, 0.3) is 17.2 Å². The van der Waals surface area contributed by atoms with Gasteiger partial charge in [-0.3, -0.25) is 4.79 Å². The van der Waals surface area contributed by atoms with Gasteiger partial charge in [-0.1, -0.05) is 0 Å². The number of hydrogen-bond donors (Lipinski definition) is 1. The Morgan fingerprint density at radius 3 is 2.78 bits per heavy atom. The van der Waals surface area contributed by atoms with Crippen LogP contribution in [-0.2, 0) is 4.74 Å². The Hall–Kier alpha value is -3.46. The summed E-state index contributed by atoms with van der Waals surface area (Å²) in [5, 5.41) is 7.56. The van der Waals surface area contributed by atoms with Crippen LogP contribution in [0.3, 0.4) is 0 Å². The van der Waals surface area contributed by atoms with Gasteiger partial charge in [0.1, 0.15) is 11.5 Å². The Morgan fingerprint density at radius 2 is 2.06 bits per heavy atom. The summed E-state index contributed by atoms with van der Waals surface area (Å²) in [4.78, 5) is 22.1. The highest BCUT2D eigenvalue weighted by atomic mass is 16.5. The van der Waals surface area contributed by atoms with Gasteiger partial charge < -0.3 is 19.5 Å². The minimum atomic E-state index is -0.126. The van der Waals surface area contributed by atoms with E-state index < -0.39 is 0 Å². The van der Waals surface area contributed by atoms with Crippen LogP contribution in [0.4, 0.5) is 0 Å². The molecule has 2 aliphatic rings. The number of benzene rings is 1. The van der Waals surface area contributed by atoms with Crippen LogP contribution in [0.1, 0.15) is 41.2 Å². The van der Waals surface area contributed by atoms with E-state index in [-0.39, 0.29) is 17.9 Å². The lowest BCUT2D eigenvalue weighted by molar-refractivity contribution is 0.0929. The summed E-state index contributed by atoms with van der Waals surface area (Å²) in [6.45, 7) is 1.22. The van der Waals surface area contributed by atoms with Crippen molar-refractivity contribution < 1.29 is 19.0 Å². The van der Waals surface area contributed by atoms with Crippen molar-refractivity contribution in [1.82, 2.24) is 25.1 Å². The van der Waals surface area contributed by atoms with E-state index in [1.807, 2.05) is 24.3 Å². The van der Waals surface area contributed by atoms with Crippen molar-refractivity contribution in [3.05, 3.63) is 47.9 Å². The van der Waals surface area contributed by atoms with Gasteiger partial charge in [-0.2, -0.15) is 5.10 Å². The van der Waals surface area contributed by atoms with Crippen LogP contribution in [0.2, 0.25) is 0 Å². The minimum absolute atomic E-state index is 0.0398. The van der Waals surface area contributed by atoms with Gasteiger partial charge in [0.15, 0.2) is 0 Å². The molecule has 1 unspecified atom stereocenters. The van der Waals surface area contributed by atoms with E-state index in [0.29, 0.717) is 41.9 Å². The van der Waals surface area contributed by atoms with Gasteiger partial charge in [-0.05, 0) is 43.5 Å². The molecule has 0 spiro atoms. The molecule has 3 aromatic rings. The van der Waals surface area contributed by atoms with Crippen molar-refractivity contribution in [2.24, 2.45) is 0 Å². The fourth-order valence-corrected chi connectivity index (χ4v) is 3.97. The summed E-state index contributed by atoms with van der Waals surface area (Å²) < 4.78 is 17.9. The molecule has 0 bridgehead atoms. The smallest absolute Gasteiger partial charge is 0.255 e. The first-order valence-corrected chi connectivity index (χ1v) is 10.7. The molecular formula is C23H25N5O4. The highest BCUT2D eigenvalue weighted by Gasteiger charge is 2.34. The first kappa shape index (κ1) is 20.4. The number of methoxy groups -OCH3 is 2. The van der Waals surface area contributed by atoms with Crippen molar-refractivity contribution in [2.75, 3.05) is 27.4 Å². The van der Waals surface area contributed by atoms with Crippen LogP contribution in [0.5, 0.6) is 11.5 Å². The molecular weight excluding hydrogens is 410 g/mol. The topological polar surface area (TPSA) is 100 Å². The third kappa shape index (κ3) is 3.91. The molecule has 2 fully saturated rings. The van der Waals surface area contributed by atoms with Crippen LogP contribution < -0.4 is 14.8 Å². The third-order valence-electron chi connectivity index (χ3n) is 5.79. The molecule has 1 N–H and O–H groups in total. The van der Waals surface area contributed by atoms with E-state index in [4.69, 9.17) is 19.2 Å². The lowest BCUT2D eigenvalue weighted by Crippen LogP contribution is -2.35. The molecule has 1 saturated heterocycles. The summed E-state index contributed by atoms with van der Waals surface area (Å²) in [5.41, 5.74) is 2.90. The van der Waals surface area contributed by atoms with E-state index in [1.54, 1.807) is 31.3 Å². The number of hydrogen-bond acceptors (Lipinski definition) is 7. The van der Waals surface area contributed by atoms with Gasteiger partial charge in [0.25, 0.3) is 11.9 Å². The van der Waals surface area contributed by atoms with Gasteiger partial charge in [0, 0.05) is 24.3 Å². The molecule has 1 amide bonds. The molecule has 1 atom stereocenters. The summed E-state index contributed by atoms with van der Waals surface area (Å²) in [5.74, 6) is 1.94. The summed E-state index contributed by atoms with van der Waals surface area (Å²) in [6, 6.07) is 7.41. The first-order chi connectivity index (χ1) is 15.7. The average Bonchev–Trinajstić information content (AvgIpc) is 3.35. The maximum absolute atomic E-state index is 12.9. The number of nitrogens with zero attached hydrogens (tertiary/aromatic N) is 4. The molecule has 1 aromatic carbocycles. The van der Waals surface area contributed by atoms with Crippen LogP contribution in [0, 0.1) is 0 Å². The quantitative estimate of drug-likeness (QED) is 0.609. The van der Waals surface area contributed by atoms with E-state index in [0.717, 1.165) is 30.5 Å². The van der Waals surface area contributed by atoms with Crippen molar-refractivity contribution in [1.29, 1.82) is 0 Å². The standard InChI is InChI=1S/C23H25N5O4/c1-30-16-5-6-20(31-2)17(11-16)19-7-9-24-23(27-19)28-21(14-3-4-14)18(12-25-28)22(29)26-15-8-10-32-13-15/h5-7,9,11-12,14-15H,3-4,8,10,13H2,1-2H3,(H,26,29). The molecule has 1 aliphatic carbocycles. The highest BCUT2D eigenvalue weighted by molar-refractivity contribution is 5.95. The molecule has 5 rings (SSSR count). The maximum Gasteiger partial charge on any atom is 0.255 e. The molecule has 0 radical (unpaired) electrons. The number of carbonyl (C=O) groups excluding carboxylic acids is 1. The molecule has 9 heteroatoms. The molecule has 2 aromatic heterocycles. The number of rotatable bonds is 7. The monoisotopic (exact) mass is 435 g/mol. The summed E-state index contributed by atoms with van der Waals surface area (Å²) >= 11 is 0. The van der Waals surface area contributed by atoms with Gasteiger partial charge in [0.05, 0.1) is 50.0 Å². The predicted octanol–water partition coefficient (Wildman–Crippen LogP) is 2.74. The highest BCUT2D eigenvalue weighted by Crippen LogP contribution is 2.42. The normalized spacial score (nSPS) is 17.9. The predicted molar refractivity (Wildman–Crippen MR) is 116 cm³/mol. The zero-order chi connectivity index (χ0) is 22.1. The Morgan fingerprint density at radius 1 is 1.19 bits per heavy atom. The van der Waals surface area contributed by atoms with Gasteiger partial charge in [0.2, 0.25) is 0 Å². The van der Waals surface area contributed by atoms with Crippen LogP contribution in [-0.4, -0.2) is 59.1 Å². The van der Waals surface area contributed by atoms with Crippen molar-refractivity contribution in [3.63, 3.8) is 0 Å². The Kier molecular flexibility index (Phi) is 5.48. The van der Waals surface area contributed by atoms with Gasteiger partial charge in [-0.25, -0.2) is 14.6 Å². The maximum atomic E-state index is 12.9. The Balaban J connectivity index is 1.51. The second-order valence-electron chi connectivity index (χ2n) is 7.97. The number of amides is 1. The fraction of sp³-hybridized carbons (Fsp3) is 0.391. The van der Waals surface area contributed by atoms with Crippen LogP contribution in [0.15, 0.2) is 36.7 Å². The third-order valence-corrected chi connectivity index (χ3v) is 5.79. The van der Waals surface area contributed by atoms with Crippen molar-refractivity contribution in [3.8, 4) is 28.7 Å².